The largest absolute Gasteiger partial charge is 0.314 e. The Labute approximate surface area is 366 Å². The van der Waals surface area contributed by atoms with Gasteiger partial charge in [0.15, 0.2) is 0 Å². The van der Waals surface area contributed by atoms with Crippen molar-refractivity contribution in [1.82, 2.24) is 0 Å². The van der Waals surface area contributed by atoms with Crippen molar-refractivity contribution in [3.05, 3.63) is 275 Å². The van der Waals surface area contributed by atoms with E-state index in [1.807, 2.05) is 6.08 Å². The Morgan fingerprint density at radius 3 is 1.74 bits per heavy atom. The van der Waals surface area contributed by atoms with Crippen molar-refractivity contribution in [1.29, 1.82) is 0 Å². The molecule has 0 amide bonds. The topological polar surface area (TPSA) is 3.24 Å². The third-order valence-electron chi connectivity index (χ3n) is 13.3. The highest BCUT2D eigenvalue weighted by Gasteiger charge is 2.51. The minimum absolute atomic E-state index is 0.425. The Bertz CT molecular complexity index is 3010. The third kappa shape index (κ3) is 6.24. The zero-order valence-electron chi connectivity index (χ0n) is 34.8. The second-order valence-corrected chi connectivity index (χ2v) is 16.7. The summed E-state index contributed by atoms with van der Waals surface area (Å²) in [6.07, 6.45) is 24.2. The van der Waals surface area contributed by atoms with Crippen molar-refractivity contribution < 1.29 is 0 Å². The van der Waals surface area contributed by atoms with Crippen molar-refractivity contribution in [3.8, 4) is 33.4 Å². The fourth-order valence-corrected chi connectivity index (χ4v) is 10.5. The first-order valence-corrected chi connectivity index (χ1v) is 22.0. The molecular formula is C61H47N. The Hall–Kier alpha value is -7.48. The maximum atomic E-state index is 4.30. The minimum atomic E-state index is -0.425. The molecule has 0 aromatic heterocycles. The normalized spacial score (nSPS) is 15.6. The standard InChI is InChI=1S/C61H47N/c1-2-44(26-18-21-43-19-6-3-7-20-43)51-39-37-49(41-56(51)47-24-10-5-11-25-47)62(48-35-33-46(34-36-48)45-22-8-4-9-23-45)50-38-40-55-54-29-14-17-32-59(54)61(60(55)42-50)57-30-15-12-27-52(57)53-28-13-16-31-58(53)61/h2-8,10-22,24-33,35,37-42H,1,9,23,34,36H2/b21-18+,44-26+. The summed E-state index contributed by atoms with van der Waals surface area (Å²) in [7, 11) is 0. The summed E-state index contributed by atoms with van der Waals surface area (Å²) < 4.78 is 0. The van der Waals surface area contributed by atoms with E-state index >= 15 is 0 Å². The molecule has 0 saturated heterocycles. The van der Waals surface area contributed by atoms with Gasteiger partial charge < -0.3 is 4.90 Å². The lowest BCUT2D eigenvalue weighted by molar-refractivity contribution is 0.792. The van der Waals surface area contributed by atoms with E-state index in [1.165, 1.54) is 78.0 Å². The molecule has 0 bridgehead atoms. The van der Waals surface area contributed by atoms with Gasteiger partial charge in [0, 0.05) is 17.1 Å². The van der Waals surface area contributed by atoms with Gasteiger partial charge in [0.05, 0.1) is 5.41 Å². The second kappa shape index (κ2) is 15.8. The van der Waals surface area contributed by atoms with Gasteiger partial charge in [-0.25, -0.2) is 0 Å². The zero-order valence-corrected chi connectivity index (χ0v) is 34.8. The van der Waals surface area contributed by atoms with Crippen molar-refractivity contribution in [2.75, 3.05) is 4.90 Å². The molecule has 11 rings (SSSR count). The maximum Gasteiger partial charge on any atom is 0.0726 e. The van der Waals surface area contributed by atoms with E-state index in [0.29, 0.717) is 0 Å². The summed E-state index contributed by atoms with van der Waals surface area (Å²) in [5.41, 5.74) is 22.5. The van der Waals surface area contributed by atoms with Crippen LogP contribution in [-0.4, -0.2) is 0 Å². The molecule has 1 nitrogen and oxygen atoms in total. The highest BCUT2D eigenvalue weighted by atomic mass is 15.1. The van der Waals surface area contributed by atoms with E-state index in [1.54, 1.807) is 0 Å². The van der Waals surface area contributed by atoms with Crippen LogP contribution in [0.5, 0.6) is 0 Å². The van der Waals surface area contributed by atoms with Crippen molar-refractivity contribution in [3.63, 3.8) is 0 Å². The second-order valence-electron chi connectivity index (χ2n) is 16.7. The number of rotatable bonds is 9. The van der Waals surface area contributed by atoms with E-state index in [9.17, 15) is 0 Å². The monoisotopic (exact) mass is 793 g/mol. The van der Waals surface area contributed by atoms with Crippen LogP contribution in [0.4, 0.5) is 11.4 Å². The minimum Gasteiger partial charge on any atom is -0.314 e. The van der Waals surface area contributed by atoms with Crippen LogP contribution in [0.3, 0.4) is 0 Å². The quantitative estimate of drug-likeness (QED) is 0.132. The average Bonchev–Trinajstić information content (AvgIpc) is 3.81. The molecule has 1 heteroatoms. The van der Waals surface area contributed by atoms with Gasteiger partial charge in [0.25, 0.3) is 0 Å². The predicted molar refractivity (Wildman–Crippen MR) is 262 cm³/mol. The number of anilines is 2. The number of nitrogens with zero attached hydrogens (tertiary/aromatic N) is 1. The maximum absolute atomic E-state index is 4.30. The molecule has 0 fully saturated rings. The summed E-state index contributed by atoms with van der Waals surface area (Å²) in [6, 6.07) is 62.8. The molecule has 0 aliphatic heterocycles. The van der Waals surface area contributed by atoms with Crippen molar-refractivity contribution in [2.24, 2.45) is 0 Å². The Kier molecular flexibility index (Phi) is 9.59. The fraction of sp³-hybridized carbons (Fsp3) is 0.0820. The summed E-state index contributed by atoms with van der Waals surface area (Å²) >= 11 is 0. The van der Waals surface area contributed by atoms with Gasteiger partial charge in [0.1, 0.15) is 0 Å². The number of allylic oxidation sites excluding steroid dienone is 12. The Morgan fingerprint density at radius 2 is 1.11 bits per heavy atom. The molecule has 0 heterocycles. The highest BCUT2D eigenvalue weighted by molar-refractivity contribution is 5.96. The fourth-order valence-electron chi connectivity index (χ4n) is 10.5. The summed E-state index contributed by atoms with van der Waals surface area (Å²) in [5, 5.41) is 0. The van der Waals surface area contributed by atoms with Crippen LogP contribution in [0.15, 0.2) is 242 Å². The van der Waals surface area contributed by atoms with Gasteiger partial charge in [-0.1, -0.05) is 201 Å². The predicted octanol–water partition coefficient (Wildman–Crippen LogP) is 16.0. The van der Waals surface area contributed by atoms with E-state index < -0.39 is 5.41 Å². The molecule has 0 saturated carbocycles. The third-order valence-corrected chi connectivity index (χ3v) is 13.3. The van der Waals surface area contributed by atoms with Gasteiger partial charge in [-0.3, -0.25) is 0 Å². The highest BCUT2D eigenvalue weighted by Crippen LogP contribution is 2.63. The smallest absolute Gasteiger partial charge is 0.0726 e. The number of benzene rings is 7. The van der Waals surface area contributed by atoms with E-state index in [-0.39, 0.29) is 0 Å². The molecule has 0 radical (unpaired) electrons. The van der Waals surface area contributed by atoms with Gasteiger partial charge >= 0.3 is 0 Å². The summed E-state index contributed by atoms with van der Waals surface area (Å²) in [5.74, 6) is 0. The number of hydrogen-bond acceptors (Lipinski definition) is 1. The first-order chi connectivity index (χ1) is 30.7. The van der Waals surface area contributed by atoms with E-state index in [2.05, 4.69) is 230 Å². The molecule has 7 aromatic carbocycles. The first kappa shape index (κ1) is 37.5. The van der Waals surface area contributed by atoms with Crippen molar-refractivity contribution >= 4 is 23.0 Å². The van der Waals surface area contributed by atoms with Gasteiger partial charge in [-0.15, -0.1) is 0 Å². The number of hydrogen-bond donors (Lipinski definition) is 0. The van der Waals surface area contributed by atoms with Gasteiger partial charge in [0.2, 0.25) is 0 Å². The molecule has 0 atom stereocenters. The van der Waals surface area contributed by atoms with Crippen LogP contribution < -0.4 is 4.90 Å². The Balaban J connectivity index is 1.11. The lowest BCUT2D eigenvalue weighted by Gasteiger charge is -2.34. The molecule has 0 unspecified atom stereocenters. The Morgan fingerprint density at radius 1 is 0.516 bits per heavy atom. The van der Waals surface area contributed by atoms with Crippen molar-refractivity contribution in [2.45, 2.75) is 31.1 Å². The average molecular weight is 794 g/mol. The molecule has 7 aromatic rings. The van der Waals surface area contributed by atoms with E-state index in [0.717, 1.165) is 48.2 Å². The lowest BCUT2D eigenvalue weighted by atomic mass is 9.70. The molecule has 62 heavy (non-hydrogen) atoms. The van der Waals surface area contributed by atoms with Gasteiger partial charge in [-0.05, 0) is 140 Å². The van der Waals surface area contributed by atoms with Crippen LogP contribution in [0, 0.1) is 0 Å². The van der Waals surface area contributed by atoms with Crippen LogP contribution in [0.2, 0.25) is 0 Å². The molecule has 296 valence electrons. The van der Waals surface area contributed by atoms with Crippen LogP contribution >= 0.6 is 0 Å². The molecule has 4 aliphatic carbocycles. The van der Waals surface area contributed by atoms with Gasteiger partial charge in [-0.2, -0.15) is 0 Å². The number of fused-ring (bicyclic) bond motifs is 10. The summed E-state index contributed by atoms with van der Waals surface area (Å²) in [6.45, 7) is 4.30. The molecule has 0 N–H and O–H groups in total. The molecule has 1 spiro atoms. The van der Waals surface area contributed by atoms with Crippen LogP contribution in [0.25, 0.3) is 45.0 Å². The SMILES string of the molecule is C=C/C(=C\C=C\c1ccccc1)c1ccc(N(C2=CC=C(C3=CC=CCC3)CC2)c2ccc3c(c2)C2(c4ccccc4-c4ccccc42)c2ccccc2-3)cc1-c1ccccc1. The van der Waals surface area contributed by atoms with Crippen LogP contribution in [0.1, 0.15) is 59.1 Å². The lowest BCUT2D eigenvalue weighted by Crippen LogP contribution is -2.26. The molecule has 4 aliphatic rings. The zero-order chi connectivity index (χ0) is 41.5. The van der Waals surface area contributed by atoms with E-state index in [4.69, 9.17) is 0 Å². The first-order valence-electron chi connectivity index (χ1n) is 22.0. The molecular weight excluding hydrogens is 747 g/mol. The summed E-state index contributed by atoms with van der Waals surface area (Å²) in [4.78, 5) is 2.54. The van der Waals surface area contributed by atoms with Crippen LogP contribution in [-0.2, 0) is 5.41 Å².